The van der Waals surface area contributed by atoms with Crippen LogP contribution in [0.15, 0.2) is 0 Å². The van der Waals surface area contributed by atoms with Gasteiger partial charge in [0, 0.05) is 13.1 Å². The van der Waals surface area contributed by atoms with Crippen LogP contribution in [0.2, 0.25) is 0 Å². The highest BCUT2D eigenvalue weighted by atomic mass is 16.8. The summed E-state index contributed by atoms with van der Waals surface area (Å²) in [7, 11) is 0. The van der Waals surface area contributed by atoms with Crippen LogP contribution in [0.5, 0.6) is 0 Å². The van der Waals surface area contributed by atoms with Crippen LogP contribution in [0, 0.1) is 0 Å². The van der Waals surface area contributed by atoms with Gasteiger partial charge in [-0.25, -0.2) is 9.73 Å². The van der Waals surface area contributed by atoms with Crippen LogP contribution in [0.3, 0.4) is 0 Å². The third-order valence-corrected chi connectivity index (χ3v) is 8.77. The van der Waals surface area contributed by atoms with Gasteiger partial charge in [0.2, 0.25) is 0 Å². The second-order valence-electron chi connectivity index (χ2n) is 13.5. The first-order chi connectivity index (χ1) is 22.1. The second kappa shape index (κ2) is 43.3. The SMILES string of the molecule is CC(O)C(=O)O.CCCCCCCCCCCCCCCCCCNONCCCCCCCCCCCCCCCCCC. The molecule has 0 aliphatic rings. The minimum Gasteiger partial charge on any atom is -0.479 e. The van der Waals surface area contributed by atoms with Crippen molar-refractivity contribution in [3.05, 3.63) is 0 Å². The molecule has 272 valence electrons. The zero-order valence-corrected chi connectivity index (χ0v) is 30.8. The van der Waals surface area contributed by atoms with Crippen molar-refractivity contribution >= 4 is 5.97 Å². The molecule has 0 saturated heterocycles. The van der Waals surface area contributed by atoms with E-state index in [1.807, 2.05) is 0 Å². The first-order valence-electron chi connectivity index (χ1n) is 20.1. The lowest BCUT2D eigenvalue weighted by Crippen LogP contribution is -2.27. The molecular formula is C39H82N2O4. The maximum absolute atomic E-state index is 9.45. The summed E-state index contributed by atoms with van der Waals surface area (Å²) in [6.07, 6.45) is 44.2. The molecule has 0 aliphatic heterocycles. The minimum absolute atomic E-state index is 0.963. The molecule has 1 unspecified atom stereocenters. The quantitative estimate of drug-likeness (QED) is 0.0398. The molecule has 1 atom stereocenters. The fourth-order valence-corrected chi connectivity index (χ4v) is 5.64. The topological polar surface area (TPSA) is 90.8 Å². The van der Waals surface area contributed by atoms with Gasteiger partial charge in [-0.15, -0.1) is 0 Å². The third kappa shape index (κ3) is 47.8. The molecular weight excluding hydrogens is 560 g/mol. The van der Waals surface area contributed by atoms with Crippen LogP contribution in [0.4, 0.5) is 0 Å². The summed E-state index contributed by atoms with van der Waals surface area (Å²) in [5.74, 6) is -1.19. The zero-order valence-electron chi connectivity index (χ0n) is 30.8. The highest BCUT2D eigenvalue weighted by Crippen LogP contribution is 2.15. The molecule has 0 spiro atoms. The van der Waals surface area contributed by atoms with Gasteiger partial charge in [-0.1, -0.05) is 206 Å². The van der Waals surface area contributed by atoms with E-state index < -0.39 is 12.1 Å². The molecule has 0 radical (unpaired) electrons. The standard InChI is InChI=1S/C36H76N2O.C3H6O3/c1-3-5-7-9-11-13-15-17-19-21-23-25-27-29-31-33-35-37-39-38-36-34-32-30-28-26-24-22-20-18-16-14-12-10-8-6-4-2;1-2(4)3(5)6/h37-38H,3-36H2,1-2H3;2,4H,1H3,(H,5,6). The van der Waals surface area contributed by atoms with Crippen LogP contribution in [0.1, 0.15) is 226 Å². The maximum atomic E-state index is 9.45. The Hall–Kier alpha value is -0.690. The fourth-order valence-electron chi connectivity index (χ4n) is 5.64. The average molecular weight is 643 g/mol. The number of carboxylic acids is 1. The van der Waals surface area contributed by atoms with Crippen molar-refractivity contribution in [1.82, 2.24) is 11.0 Å². The van der Waals surface area contributed by atoms with Crippen molar-refractivity contribution in [3.8, 4) is 0 Å². The zero-order chi connectivity index (χ0) is 33.3. The molecule has 6 heteroatoms. The summed E-state index contributed by atoms with van der Waals surface area (Å²) in [5, 5.41) is 15.8. The summed E-state index contributed by atoms with van der Waals surface area (Å²) in [5.41, 5.74) is 6.16. The van der Waals surface area contributed by atoms with Gasteiger partial charge >= 0.3 is 5.97 Å². The normalized spacial score (nSPS) is 11.8. The van der Waals surface area contributed by atoms with Crippen molar-refractivity contribution < 1.29 is 19.9 Å². The Morgan fingerprint density at radius 2 is 0.622 bits per heavy atom. The minimum atomic E-state index is -1.23. The molecule has 0 fully saturated rings. The maximum Gasteiger partial charge on any atom is 0.332 e. The number of aliphatic hydroxyl groups excluding tert-OH is 1. The Balaban J connectivity index is 0. The number of carboxylic acid groups (broad SMARTS) is 1. The van der Waals surface area contributed by atoms with Crippen LogP contribution in [-0.2, 0) is 9.73 Å². The predicted octanol–water partition coefficient (Wildman–Crippen LogP) is 12.0. The highest BCUT2D eigenvalue weighted by molar-refractivity contribution is 5.71. The molecule has 0 aliphatic carbocycles. The van der Waals surface area contributed by atoms with E-state index in [2.05, 4.69) is 24.8 Å². The average Bonchev–Trinajstić information content (AvgIpc) is 3.03. The molecule has 0 amide bonds. The van der Waals surface area contributed by atoms with Crippen LogP contribution in [-0.4, -0.2) is 35.4 Å². The van der Waals surface area contributed by atoms with Crippen molar-refractivity contribution in [2.75, 3.05) is 13.1 Å². The number of hydroxylamine groups is 2. The lowest BCUT2D eigenvalue weighted by Gasteiger charge is -2.07. The van der Waals surface area contributed by atoms with Crippen molar-refractivity contribution in [1.29, 1.82) is 0 Å². The summed E-state index contributed by atoms with van der Waals surface area (Å²) >= 11 is 0. The molecule has 0 aromatic carbocycles. The number of carbonyl (C=O) groups is 1. The molecule has 0 aromatic heterocycles. The van der Waals surface area contributed by atoms with E-state index in [0.717, 1.165) is 13.1 Å². The Morgan fingerprint density at radius 1 is 0.444 bits per heavy atom. The van der Waals surface area contributed by atoms with E-state index >= 15 is 0 Å². The highest BCUT2D eigenvalue weighted by Gasteiger charge is 2.01. The molecule has 0 aromatic rings. The summed E-state index contributed by atoms with van der Waals surface area (Å²) in [6.45, 7) is 7.72. The lowest BCUT2D eigenvalue weighted by molar-refractivity contribution is -0.145. The van der Waals surface area contributed by atoms with E-state index in [9.17, 15) is 4.79 Å². The number of rotatable bonds is 37. The molecule has 0 heterocycles. The third-order valence-electron chi connectivity index (χ3n) is 8.77. The molecule has 0 saturated carbocycles. The van der Waals surface area contributed by atoms with Crippen molar-refractivity contribution in [3.63, 3.8) is 0 Å². The largest absolute Gasteiger partial charge is 0.479 e. The first-order valence-corrected chi connectivity index (χ1v) is 20.1. The number of aliphatic carboxylic acids is 1. The van der Waals surface area contributed by atoms with Crippen LogP contribution >= 0.6 is 0 Å². The Bertz CT molecular complexity index is 497. The fraction of sp³-hybridized carbons (Fsp3) is 0.974. The number of hydrogen-bond acceptors (Lipinski definition) is 5. The van der Waals surface area contributed by atoms with Crippen LogP contribution in [0.25, 0.3) is 0 Å². The van der Waals surface area contributed by atoms with Gasteiger partial charge in [-0.2, -0.15) is 11.0 Å². The van der Waals surface area contributed by atoms with E-state index in [1.54, 1.807) is 0 Å². The Kier molecular flexibility index (Phi) is 44.7. The number of hydrogen-bond donors (Lipinski definition) is 4. The van der Waals surface area contributed by atoms with E-state index in [-0.39, 0.29) is 0 Å². The van der Waals surface area contributed by atoms with Crippen molar-refractivity contribution in [2.45, 2.75) is 232 Å². The molecule has 6 nitrogen and oxygen atoms in total. The van der Waals surface area contributed by atoms with Gasteiger partial charge in [0.1, 0.15) is 6.10 Å². The molecule has 0 bridgehead atoms. The van der Waals surface area contributed by atoms with Gasteiger partial charge < -0.3 is 10.2 Å². The Labute approximate surface area is 281 Å². The van der Waals surface area contributed by atoms with E-state index in [1.165, 1.54) is 212 Å². The van der Waals surface area contributed by atoms with E-state index in [4.69, 9.17) is 15.2 Å². The summed E-state index contributed by atoms with van der Waals surface area (Å²) < 4.78 is 0. The number of nitrogens with one attached hydrogen (secondary N) is 2. The smallest absolute Gasteiger partial charge is 0.332 e. The first kappa shape index (κ1) is 46.4. The number of aliphatic hydroxyl groups is 1. The van der Waals surface area contributed by atoms with Gasteiger partial charge in [0.05, 0.1) is 0 Å². The van der Waals surface area contributed by atoms with Gasteiger partial charge in [-0.05, 0) is 19.8 Å². The lowest BCUT2D eigenvalue weighted by atomic mass is 10.0. The monoisotopic (exact) mass is 643 g/mol. The van der Waals surface area contributed by atoms with Crippen molar-refractivity contribution in [2.24, 2.45) is 0 Å². The van der Waals surface area contributed by atoms with Gasteiger partial charge in [0.15, 0.2) is 0 Å². The summed E-state index contributed by atoms with van der Waals surface area (Å²) in [6, 6.07) is 0. The van der Waals surface area contributed by atoms with Crippen LogP contribution < -0.4 is 11.0 Å². The number of unbranched alkanes of at least 4 members (excludes halogenated alkanes) is 30. The summed E-state index contributed by atoms with van der Waals surface area (Å²) in [4.78, 5) is 14.8. The second-order valence-corrected chi connectivity index (χ2v) is 13.5. The molecule has 4 N–H and O–H groups in total. The predicted molar refractivity (Wildman–Crippen MR) is 195 cm³/mol. The van der Waals surface area contributed by atoms with Gasteiger partial charge in [0.25, 0.3) is 0 Å². The molecule has 0 rings (SSSR count). The molecule has 45 heavy (non-hydrogen) atoms. The van der Waals surface area contributed by atoms with Gasteiger partial charge in [-0.3, -0.25) is 0 Å². The van der Waals surface area contributed by atoms with E-state index in [0.29, 0.717) is 0 Å². The Morgan fingerprint density at radius 3 is 0.800 bits per heavy atom.